The van der Waals surface area contributed by atoms with E-state index in [0.29, 0.717) is 6.54 Å². The van der Waals surface area contributed by atoms with Gasteiger partial charge >= 0.3 is 0 Å². The normalized spacial score (nSPS) is 34.2. The maximum atomic E-state index is 13.1. The molecule has 0 aromatic carbocycles. The second-order valence-electron chi connectivity index (χ2n) is 3.05. The fourth-order valence-electron chi connectivity index (χ4n) is 1.18. The number of alkyl halides is 1. The van der Waals surface area contributed by atoms with Crippen LogP contribution >= 0.6 is 12.4 Å². The largest absolute Gasteiger partial charge is 0.314 e. The quantitative estimate of drug-likeness (QED) is 0.581. The maximum Gasteiger partial charge on any atom is 0.120 e. The molecule has 0 radical (unpaired) electrons. The molecule has 0 saturated carbocycles. The second-order valence-corrected chi connectivity index (χ2v) is 3.05. The first-order valence-corrected chi connectivity index (χ1v) is 3.60. The van der Waals surface area contributed by atoms with Gasteiger partial charge in [-0.15, -0.1) is 12.4 Å². The zero-order valence-corrected chi connectivity index (χ0v) is 7.14. The minimum atomic E-state index is -0.948. The molecule has 0 aromatic heterocycles. The van der Waals surface area contributed by atoms with E-state index in [9.17, 15) is 4.39 Å². The van der Waals surface area contributed by atoms with Crippen molar-refractivity contribution in [3.8, 4) is 0 Å². The van der Waals surface area contributed by atoms with Crippen molar-refractivity contribution in [2.75, 3.05) is 13.1 Å². The van der Waals surface area contributed by atoms with Crippen molar-refractivity contribution in [3.63, 3.8) is 0 Å². The number of nitrogens with one attached hydrogen (secondary N) is 1. The molecule has 62 valence electrons. The average molecular weight is 168 g/mol. The van der Waals surface area contributed by atoms with Gasteiger partial charge in [0, 0.05) is 6.54 Å². The van der Waals surface area contributed by atoms with Gasteiger partial charge in [-0.3, -0.25) is 0 Å². The summed E-state index contributed by atoms with van der Waals surface area (Å²) in [6, 6.07) is 0. The first-order chi connectivity index (χ1) is 4.21. The number of rotatable bonds is 0. The molecule has 0 bridgehead atoms. The highest BCUT2D eigenvalue weighted by Gasteiger charge is 2.23. The fraction of sp³-hybridized carbons (Fsp3) is 1.00. The highest BCUT2D eigenvalue weighted by Crippen LogP contribution is 2.19. The molecule has 3 heteroatoms. The molecular weight excluding hydrogens is 153 g/mol. The van der Waals surface area contributed by atoms with Gasteiger partial charge in [-0.2, -0.15) is 0 Å². The van der Waals surface area contributed by atoms with Crippen LogP contribution in [0.3, 0.4) is 0 Å². The topological polar surface area (TPSA) is 12.0 Å². The van der Waals surface area contributed by atoms with Crippen LogP contribution in [0.4, 0.5) is 4.39 Å². The summed E-state index contributed by atoms with van der Waals surface area (Å²) < 4.78 is 13.1. The minimum absolute atomic E-state index is 0. The Labute approximate surface area is 67.8 Å². The van der Waals surface area contributed by atoms with E-state index >= 15 is 0 Å². The lowest BCUT2D eigenvalue weighted by atomic mass is 10.0. The van der Waals surface area contributed by atoms with E-state index in [4.69, 9.17) is 0 Å². The van der Waals surface area contributed by atoms with Gasteiger partial charge in [-0.05, 0) is 32.7 Å². The SMILES string of the molecule is CC1(F)CCCCNC1.Cl. The first kappa shape index (κ1) is 10.2. The van der Waals surface area contributed by atoms with Crippen LogP contribution in [0.15, 0.2) is 0 Å². The Morgan fingerprint density at radius 1 is 1.40 bits per heavy atom. The number of halogens is 2. The van der Waals surface area contributed by atoms with Crippen LogP contribution in [0.1, 0.15) is 26.2 Å². The maximum absolute atomic E-state index is 13.1. The van der Waals surface area contributed by atoms with Crippen molar-refractivity contribution in [3.05, 3.63) is 0 Å². The van der Waals surface area contributed by atoms with Crippen molar-refractivity contribution in [1.29, 1.82) is 0 Å². The van der Waals surface area contributed by atoms with E-state index in [-0.39, 0.29) is 12.4 Å². The van der Waals surface area contributed by atoms with Gasteiger partial charge in [0.15, 0.2) is 0 Å². The summed E-state index contributed by atoms with van der Waals surface area (Å²) in [4.78, 5) is 0. The summed E-state index contributed by atoms with van der Waals surface area (Å²) >= 11 is 0. The van der Waals surface area contributed by atoms with E-state index in [1.165, 1.54) is 0 Å². The molecule has 0 aliphatic carbocycles. The highest BCUT2D eigenvalue weighted by atomic mass is 35.5. The molecule has 1 nitrogen and oxygen atoms in total. The predicted molar refractivity (Wildman–Crippen MR) is 43.5 cm³/mol. The van der Waals surface area contributed by atoms with Crippen LogP contribution in [-0.4, -0.2) is 18.8 Å². The summed E-state index contributed by atoms with van der Waals surface area (Å²) in [5, 5.41) is 3.06. The zero-order chi connectivity index (χ0) is 6.74. The van der Waals surface area contributed by atoms with Crippen LogP contribution < -0.4 is 5.32 Å². The monoisotopic (exact) mass is 167 g/mol. The Morgan fingerprint density at radius 3 is 2.80 bits per heavy atom. The Kier molecular flexibility index (Phi) is 4.22. The molecule has 1 fully saturated rings. The van der Waals surface area contributed by atoms with Gasteiger partial charge in [0.1, 0.15) is 5.67 Å². The Balaban J connectivity index is 0.000000810. The zero-order valence-electron chi connectivity index (χ0n) is 6.32. The van der Waals surface area contributed by atoms with E-state index < -0.39 is 5.67 Å². The van der Waals surface area contributed by atoms with Crippen LogP contribution in [0.2, 0.25) is 0 Å². The average Bonchev–Trinajstić information content (AvgIpc) is 1.92. The summed E-state index contributed by atoms with van der Waals surface area (Å²) in [5.74, 6) is 0. The Morgan fingerprint density at radius 2 is 2.10 bits per heavy atom. The van der Waals surface area contributed by atoms with E-state index in [0.717, 1.165) is 25.8 Å². The molecule has 1 aliphatic rings. The van der Waals surface area contributed by atoms with Crippen molar-refractivity contribution >= 4 is 12.4 Å². The smallest absolute Gasteiger partial charge is 0.120 e. The lowest BCUT2D eigenvalue weighted by Gasteiger charge is -2.16. The summed E-state index contributed by atoms with van der Waals surface area (Å²) in [7, 11) is 0. The fourth-order valence-corrected chi connectivity index (χ4v) is 1.18. The first-order valence-electron chi connectivity index (χ1n) is 3.60. The third-order valence-electron chi connectivity index (χ3n) is 1.80. The molecule has 10 heavy (non-hydrogen) atoms. The van der Waals surface area contributed by atoms with Crippen molar-refractivity contribution in [2.45, 2.75) is 31.9 Å². The minimum Gasteiger partial charge on any atom is -0.314 e. The lowest BCUT2D eigenvalue weighted by Crippen LogP contribution is -2.31. The molecular formula is C7H15ClFN. The molecule has 1 unspecified atom stereocenters. The summed E-state index contributed by atoms with van der Waals surface area (Å²) in [5.41, 5.74) is -0.948. The third kappa shape index (κ3) is 3.37. The van der Waals surface area contributed by atoms with Gasteiger partial charge in [0.25, 0.3) is 0 Å². The van der Waals surface area contributed by atoms with E-state index in [1.807, 2.05) is 0 Å². The number of hydrogen-bond acceptors (Lipinski definition) is 1. The number of hydrogen-bond donors (Lipinski definition) is 1. The standard InChI is InChI=1S/C7H14FN.ClH/c1-7(8)4-2-3-5-9-6-7;/h9H,2-6H2,1H3;1H. The van der Waals surface area contributed by atoms with Crippen LogP contribution in [0.25, 0.3) is 0 Å². The molecule has 1 saturated heterocycles. The molecule has 1 N–H and O–H groups in total. The molecule has 1 aliphatic heterocycles. The van der Waals surface area contributed by atoms with Gasteiger partial charge < -0.3 is 5.32 Å². The predicted octanol–water partition coefficient (Wildman–Crippen LogP) is 1.91. The molecule has 1 rings (SSSR count). The van der Waals surface area contributed by atoms with Gasteiger partial charge in [0.05, 0.1) is 0 Å². The Bertz CT molecular complexity index is 85.6. The van der Waals surface area contributed by atoms with Crippen LogP contribution in [0, 0.1) is 0 Å². The summed E-state index contributed by atoms with van der Waals surface area (Å²) in [6.07, 6.45) is 2.87. The molecule has 1 atom stereocenters. The van der Waals surface area contributed by atoms with E-state index in [2.05, 4.69) is 5.32 Å². The highest BCUT2D eigenvalue weighted by molar-refractivity contribution is 5.85. The molecule has 1 heterocycles. The molecule has 0 amide bonds. The summed E-state index contributed by atoms with van der Waals surface area (Å²) in [6.45, 7) is 3.19. The van der Waals surface area contributed by atoms with E-state index in [1.54, 1.807) is 6.92 Å². The molecule has 0 aromatic rings. The van der Waals surface area contributed by atoms with Crippen LogP contribution in [0.5, 0.6) is 0 Å². The van der Waals surface area contributed by atoms with Crippen molar-refractivity contribution < 1.29 is 4.39 Å². The third-order valence-corrected chi connectivity index (χ3v) is 1.80. The second kappa shape index (κ2) is 4.14. The van der Waals surface area contributed by atoms with Gasteiger partial charge in [-0.1, -0.05) is 0 Å². The molecule has 0 spiro atoms. The van der Waals surface area contributed by atoms with Crippen LogP contribution in [-0.2, 0) is 0 Å². The Hall–Kier alpha value is 0.180. The van der Waals surface area contributed by atoms with Crippen molar-refractivity contribution in [2.24, 2.45) is 0 Å². The van der Waals surface area contributed by atoms with Crippen molar-refractivity contribution in [1.82, 2.24) is 5.32 Å². The van der Waals surface area contributed by atoms with Gasteiger partial charge in [0.2, 0.25) is 0 Å². The van der Waals surface area contributed by atoms with Gasteiger partial charge in [-0.25, -0.2) is 4.39 Å². The lowest BCUT2D eigenvalue weighted by molar-refractivity contribution is 0.179.